The van der Waals surface area contributed by atoms with Crippen molar-refractivity contribution in [2.45, 2.75) is 0 Å². The zero-order chi connectivity index (χ0) is 17.4. The number of fused-ring (bicyclic) bond motifs is 1. The highest BCUT2D eigenvalue weighted by Crippen LogP contribution is 2.25. The molecule has 2 N–H and O–H groups in total. The molecule has 2 aromatic carbocycles. The summed E-state index contributed by atoms with van der Waals surface area (Å²) in [6.45, 7) is 0. The number of rotatable bonds is 3. The van der Waals surface area contributed by atoms with E-state index in [0.717, 1.165) is 6.07 Å². The third kappa shape index (κ3) is 2.99. The van der Waals surface area contributed by atoms with E-state index in [1.165, 1.54) is 23.5 Å². The lowest BCUT2D eigenvalue weighted by Crippen LogP contribution is -2.12. The Kier molecular flexibility index (Phi) is 3.73. The van der Waals surface area contributed by atoms with Gasteiger partial charge in [0.15, 0.2) is 5.13 Å². The van der Waals surface area contributed by atoms with Crippen molar-refractivity contribution >= 4 is 33.4 Å². The van der Waals surface area contributed by atoms with E-state index in [1.807, 2.05) is 0 Å². The Morgan fingerprint density at radius 2 is 1.96 bits per heavy atom. The van der Waals surface area contributed by atoms with Crippen LogP contribution in [0.25, 0.3) is 22.4 Å². The highest BCUT2D eigenvalue weighted by molar-refractivity contribution is 7.13. The standard InChI is InChI=1S/C17H10F2N4OS/c18-10-6-9(7-11(19)8-10)15-21-13-3-1-2-12(14(13)22-15)16(24)23-17-20-4-5-25-17/h1-8H,(H,21,22)(H,20,23,24). The van der Waals surface area contributed by atoms with Crippen LogP contribution in [0.1, 0.15) is 10.4 Å². The maximum atomic E-state index is 13.4. The second-order valence-electron chi connectivity index (χ2n) is 5.24. The second-order valence-corrected chi connectivity index (χ2v) is 6.13. The van der Waals surface area contributed by atoms with Crippen molar-refractivity contribution in [2.24, 2.45) is 0 Å². The molecule has 1 amide bonds. The smallest absolute Gasteiger partial charge is 0.259 e. The molecule has 124 valence electrons. The van der Waals surface area contributed by atoms with Crippen LogP contribution < -0.4 is 5.32 Å². The number of aromatic nitrogens is 3. The number of amides is 1. The van der Waals surface area contributed by atoms with Crippen LogP contribution in [0.15, 0.2) is 48.0 Å². The third-order valence-electron chi connectivity index (χ3n) is 3.55. The molecule has 0 bridgehead atoms. The summed E-state index contributed by atoms with van der Waals surface area (Å²) >= 11 is 1.30. The van der Waals surface area contributed by atoms with E-state index in [4.69, 9.17) is 0 Å². The number of para-hydroxylation sites is 1. The quantitative estimate of drug-likeness (QED) is 0.577. The van der Waals surface area contributed by atoms with Crippen molar-refractivity contribution in [3.05, 3.63) is 65.2 Å². The topological polar surface area (TPSA) is 70.7 Å². The van der Waals surface area contributed by atoms with Crippen LogP contribution in [0.2, 0.25) is 0 Å². The van der Waals surface area contributed by atoms with E-state index in [2.05, 4.69) is 20.3 Å². The van der Waals surface area contributed by atoms with Gasteiger partial charge in [0, 0.05) is 23.2 Å². The average Bonchev–Trinajstić information content (AvgIpc) is 3.22. The van der Waals surface area contributed by atoms with Crippen molar-refractivity contribution in [1.29, 1.82) is 0 Å². The minimum Gasteiger partial charge on any atom is -0.338 e. The highest BCUT2D eigenvalue weighted by atomic mass is 32.1. The first kappa shape index (κ1) is 15.4. The molecular weight excluding hydrogens is 346 g/mol. The summed E-state index contributed by atoms with van der Waals surface area (Å²) in [5, 5.41) is 4.92. The lowest BCUT2D eigenvalue weighted by molar-refractivity contribution is 0.102. The second kappa shape index (κ2) is 6.06. The van der Waals surface area contributed by atoms with Gasteiger partial charge < -0.3 is 4.98 Å². The Bertz CT molecular complexity index is 1060. The van der Waals surface area contributed by atoms with Gasteiger partial charge in [-0.1, -0.05) is 6.07 Å². The summed E-state index contributed by atoms with van der Waals surface area (Å²) in [6, 6.07) is 8.21. The van der Waals surface area contributed by atoms with Gasteiger partial charge in [0.2, 0.25) is 0 Å². The molecule has 8 heteroatoms. The molecule has 5 nitrogen and oxygen atoms in total. The number of anilines is 1. The monoisotopic (exact) mass is 356 g/mol. The summed E-state index contributed by atoms with van der Waals surface area (Å²) < 4.78 is 26.9. The number of carbonyl (C=O) groups excluding carboxylic acids is 1. The Hall–Kier alpha value is -3.13. The van der Waals surface area contributed by atoms with E-state index in [9.17, 15) is 13.6 Å². The lowest BCUT2D eigenvalue weighted by atomic mass is 10.2. The Labute approximate surface area is 144 Å². The van der Waals surface area contributed by atoms with Gasteiger partial charge in [-0.2, -0.15) is 0 Å². The van der Waals surface area contributed by atoms with Crippen molar-refractivity contribution in [1.82, 2.24) is 15.0 Å². The van der Waals surface area contributed by atoms with Crippen molar-refractivity contribution in [2.75, 3.05) is 5.32 Å². The highest BCUT2D eigenvalue weighted by Gasteiger charge is 2.16. The number of nitrogens with one attached hydrogen (secondary N) is 2. The number of hydrogen-bond acceptors (Lipinski definition) is 4. The molecule has 0 aliphatic carbocycles. The molecule has 25 heavy (non-hydrogen) atoms. The minimum absolute atomic E-state index is 0.264. The SMILES string of the molecule is O=C(Nc1nccs1)c1cccc2[nH]c(-c3cc(F)cc(F)c3)nc12. The van der Waals surface area contributed by atoms with Crippen molar-refractivity contribution in [3.8, 4) is 11.4 Å². The number of carbonyl (C=O) groups is 1. The van der Waals surface area contributed by atoms with Gasteiger partial charge in [0.05, 0.1) is 11.1 Å². The fourth-order valence-corrected chi connectivity index (χ4v) is 3.02. The molecule has 0 saturated carbocycles. The molecule has 4 rings (SSSR count). The number of benzene rings is 2. The lowest BCUT2D eigenvalue weighted by Gasteiger charge is -2.02. The van der Waals surface area contributed by atoms with Crippen LogP contribution in [0, 0.1) is 11.6 Å². The van der Waals surface area contributed by atoms with Crippen LogP contribution >= 0.6 is 11.3 Å². The van der Waals surface area contributed by atoms with E-state index >= 15 is 0 Å². The number of imidazole rings is 1. The van der Waals surface area contributed by atoms with E-state index in [1.54, 1.807) is 29.8 Å². The minimum atomic E-state index is -0.697. The molecule has 0 radical (unpaired) electrons. The molecule has 0 aliphatic rings. The number of thiazole rings is 1. The van der Waals surface area contributed by atoms with Crippen LogP contribution in [0.5, 0.6) is 0 Å². The van der Waals surface area contributed by atoms with Crippen LogP contribution in [0.3, 0.4) is 0 Å². The number of H-pyrrole nitrogens is 1. The van der Waals surface area contributed by atoms with Crippen LogP contribution in [0.4, 0.5) is 13.9 Å². The molecule has 2 aromatic heterocycles. The Balaban J connectivity index is 1.77. The van der Waals surface area contributed by atoms with E-state index in [0.29, 0.717) is 21.7 Å². The van der Waals surface area contributed by atoms with Gasteiger partial charge in [0.1, 0.15) is 23.0 Å². The van der Waals surface area contributed by atoms with Crippen LogP contribution in [-0.4, -0.2) is 20.9 Å². The first-order valence-corrected chi connectivity index (χ1v) is 8.14. The first-order chi connectivity index (χ1) is 12.1. The predicted molar refractivity (Wildman–Crippen MR) is 91.5 cm³/mol. The van der Waals surface area contributed by atoms with E-state index < -0.39 is 11.6 Å². The predicted octanol–water partition coefficient (Wildman–Crippen LogP) is 4.22. The fraction of sp³-hybridized carbons (Fsp3) is 0. The van der Waals surface area contributed by atoms with Gasteiger partial charge in [-0.3, -0.25) is 10.1 Å². The summed E-state index contributed by atoms with van der Waals surface area (Å²) in [6.07, 6.45) is 1.59. The summed E-state index contributed by atoms with van der Waals surface area (Å²) in [5.74, 6) is -1.47. The van der Waals surface area contributed by atoms with Crippen molar-refractivity contribution in [3.63, 3.8) is 0 Å². The number of halogens is 2. The van der Waals surface area contributed by atoms with Gasteiger partial charge >= 0.3 is 0 Å². The number of hydrogen-bond donors (Lipinski definition) is 2. The molecule has 0 unspecified atom stereocenters. The summed E-state index contributed by atoms with van der Waals surface area (Å²) in [4.78, 5) is 23.8. The number of nitrogens with zero attached hydrogens (tertiary/aromatic N) is 2. The maximum absolute atomic E-state index is 13.4. The summed E-state index contributed by atoms with van der Waals surface area (Å²) in [7, 11) is 0. The molecule has 2 heterocycles. The molecule has 0 spiro atoms. The zero-order valence-electron chi connectivity index (χ0n) is 12.6. The molecular formula is C17H10F2N4OS. The Morgan fingerprint density at radius 1 is 1.16 bits per heavy atom. The van der Waals surface area contributed by atoms with Gasteiger partial charge in [-0.05, 0) is 24.3 Å². The largest absolute Gasteiger partial charge is 0.338 e. The first-order valence-electron chi connectivity index (χ1n) is 7.26. The summed E-state index contributed by atoms with van der Waals surface area (Å²) in [5.41, 5.74) is 1.61. The van der Waals surface area contributed by atoms with Gasteiger partial charge in [-0.25, -0.2) is 18.7 Å². The number of aromatic amines is 1. The van der Waals surface area contributed by atoms with Gasteiger partial charge in [0.25, 0.3) is 5.91 Å². The normalized spacial score (nSPS) is 11.0. The van der Waals surface area contributed by atoms with Crippen LogP contribution in [-0.2, 0) is 0 Å². The molecule has 0 aliphatic heterocycles. The maximum Gasteiger partial charge on any atom is 0.259 e. The van der Waals surface area contributed by atoms with Gasteiger partial charge in [-0.15, -0.1) is 11.3 Å². The van der Waals surface area contributed by atoms with E-state index in [-0.39, 0.29) is 17.3 Å². The molecule has 0 atom stereocenters. The molecule has 4 aromatic rings. The average molecular weight is 356 g/mol. The zero-order valence-corrected chi connectivity index (χ0v) is 13.4. The third-order valence-corrected chi connectivity index (χ3v) is 4.23. The van der Waals surface area contributed by atoms with Crippen molar-refractivity contribution < 1.29 is 13.6 Å². The fourth-order valence-electron chi connectivity index (χ4n) is 2.49. The molecule has 0 saturated heterocycles. The molecule has 0 fully saturated rings. The Morgan fingerprint density at radius 3 is 2.68 bits per heavy atom.